The molecule has 7 heteroatoms. The largest absolute Gasteiger partial charge is 0.383 e. The first-order valence-corrected chi connectivity index (χ1v) is 13.1. The van der Waals surface area contributed by atoms with Gasteiger partial charge >= 0.3 is 0 Å². The molecule has 2 aromatic carbocycles. The van der Waals surface area contributed by atoms with Gasteiger partial charge in [0.05, 0.1) is 11.3 Å². The van der Waals surface area contributed by atoms with Crippen molar-refractivity contribution in [3.63, 3.8) is 0 Å². The van der Waals surface area contributed by atoms with Crippen molar-refractivity contribution in [2.75, 3.05) is 11.5 Å². The SMILES string of the molecule is CC1(C)CCC(C)(C)c2cc(C(=O)CSc3nc(N)c(C#N)c(-c4ccccc4Cl)c3C#N)ccc21. The molecule has 0 spiro atoms. The number of carbonyl (C=O) groups excluding carboxylic acids is 1. The molecule has 1 aliphatic carbocycles. The van der Waals surface area contributed by atoms with Gasteiger partial charge in [-0.05, 0) is 46.9 Å². The maximum atomic E-state index is 13.3. The summed E-state index contributed by atoms with van der Waals surface area (Å²) in [7, 11) is 0. The lowest BCUT2D eigenvalue weighted by atomic mass is 9.63. The minimum absolute atomic E-state index is 0.000805. The fourth-order valence-corrected chi connectivity index (χ4v) is 5.93. The van der Waals surface area contributed by atoms with Crippen LogP contribution in [0.4, 0.5) is 5.82 Å². The minimum atomic E-state index is -0.0603. The van der Waals surface area contributed by atoms with E-state index in [1.54, 1.807) is 24.3 Å². The van der Waals surface area contributed by atoms with E-state index < -0.39 is 0 Å². The van der Waals surface area contributed by atoms with E-state index in [4.69, 9.17) is 17.3 Å². The molecule has 0 atom stereocenters. The van der Waals surface area contributed by atoms with Gasteiger partial charge in [0.1, 0.15) is 28.5 Å². The summed E-state index contributed by atoms with van der Waals surface area (Å²) in [5.41, 5.74) is 10.5. The van der Waals surface area contributed by atoms with E-state index in [1.165, 1.54) is 11.1 Å². The Labute approximate surface area is 221 Å². The van der Waals surface area contributed by atoms with Crippen LogP contribution in [-0.4, -0.2) is 16.5 Å². The van der Waals surface area contributed by atoms with Crippen LogP contribution in [0.3, 0.4) is 0 Å². The van der Waals surface area contributed by atoms with Gasteiger partial charge < -0.3 is 5.73 Å². The highest BCUT2D eigenvalue weighted by Crippen LogP contribution is 2.46. The number of hydrogen-bond donors (Lipinski definition) is 1. The van der Waals surface area contributed by atoms with E-state index in [0.29, 0.717) is 26.7 Å². The molecule has 4 rings (SSSR count). The monoisotopic (exact) mass is 514 g/mol. The van der Waals surface area contributed by atoms with E-state index >= 15 is 0 Å². The summed E-state index contributed by atoms with van der Waals surface area (Å²) in [6.07, 6.45) is 2.16. The van der Waals surface area contributed by atoms with Crippen molar-refractivity contribution in [2.24, 2.45) is 0 Å². The quantitative estimate of drug-likeness (QED) is 0.289. The Hall–Kier alpha value is -3.32. The van der Waals surface area contributed by atoms with Crippen LogP contribution in [-0.2, 0) is 10.8 Å². The number of nitrogens with two attached hydrogens (primary N) is 1. The first-order valence-electron chi connectivity index (χ1n) is 11.7. The third-order valence-corrected chi connectivity index (χ3v) is 8.38. The van der Waals surface area contributed by atoms with E-state index in [-0.39, 0.29) is 39.3 Å². The van der Waals surface area contributed by atoms with Crippen LogP contribution in [0.2, 0.25) is 5.02 Å². The van der Waals surface area contributed by atoms with E-state index in [0.717, 1.165) is 24.6 Å². The zero-order valence-corrected chi connectivity index (χ0v) is 22.3. The van der Waals surface area contributed by atoms with Crippen molar-refractivity contribution in [2.45, 2.75) is 56.4 Å². The Kier molecular flexibility index (Phi) is 6.88. The molecular formula is C29H27ClN4OS. The molecule has 0 radical (unpaired) electrons. The van der Waals surface area contributed by atoms with Crippen molar-refractivity contribution in [3.8, 4) is 23.3 Å². The fourth-order valence-electron chi connectivity index (χ4n) is 4.82. The van der Waals surface area contributed by atoms with Crippen LogP contribution in [0.1, 0.15) is 73.1 Å². The number of nitriles is 2. The number of aromatic nitrogens is 1. The number of benzene rings is 2. The molecule has 0 fully saturated rings. The van der Waals surface area contributed by atoms with Gasteiger partial charge in [0.2, 0.25) is 0 Å². The smallest absolute Gasteiger partial charge is 0.173 e. The maximum absolute atomic E-state index is 13.3. The molecule has 0 saturated heterocycles. The zero-order chi connectivity index (χ0) is 26.3. The molecule has 1 heterocycles. The van der Waals surface area contributed by atoms with Crippen LogP contribution >= 0.6 is 23.4 Å². The number of thioether (sulfide) groups is 1. The van der Waals surface area contributed by atoms with E-state index in [9.17, 15) is 15.3 Å². The number of nitrogens with zero attached hydrogens (tertiary/aromatic N) is 3. The maximum Gasteiger partial charge on any atom is 0.173 e. The highest BCUT2D eigenvalue weighted by molar-refractivity contribution is 8.00. The number of rotatable bonds is 5. The standard InChI is InChI=1S/C29H27ClN4OS/c1-28(2)11-12-29(3,4)22-13-17(9-10-21(22)28)24(35)16-36-27-20(15-32)25(19(14-31)26(33)34-27)18-7-5-6-8-23(18)30/h5-10,13H,11-12,16H2,1-4H3,(H2,33,34). The van der Waals surface area contributed by atoms with Crippen LogP contribution in [0.25, 0.3) is 11.1 Å². The number of ketones is 1. The number of pyridine rings is 1. The molecule has 5 nitrogen and oxygen atoms in total. The second-order valence-electron chi connectivity index (χ2n) is 10.4. The van der Waals surface area contributed by atoms with Crippen LogP contribution < -0.4 is 5.73 Å². The summed E-state index contributed by atoms with van der Waals surface area (Å²) in [6.45, 7) is 8.95. The fraction of sp³-hybridized carbons (Fsp3) is 0.310. The minimum Gasteiger partial charge on any atom is -0.383 e. The lowest BCUT2D eigenvalue weighted by Gasteiger charge is -2.42. The number of nitrogen functional groups attached to an aromatic ring is 1. The topological polar surface area (TPSA) is 104 Å². The first kappa shape index (κ1) is 25.8. The molecule has 0 aliphatic heterocycles. The molecule has 0 bridgehead atoms. The van der Waals surface area contributed by atoms with Gasteiger partial charge in [-0.2, -0.15) is 10.5 Å². The highest BCUT2D eigenvalue weighted by atomic mass is 35.5. The molecule has 1 aromatic heterocycles. The van der Waals surface area contributed by atoms with E-state index in [1.807, 2.05) is 12.1 Å². The Balaban J connectivity index is 1.69. The Morgan fingerprint density at radius 3 is 2.31 bits per heavy atom. The highest BCUT2D eigenvalue weighted by Gasteiger charge is 2.37. The second kappa shape index (κ2) is 9.62. The zero-order valence-electron chi connectivity index (χ0n) is 20.8. The van der Waals surface area contributed by atoms with Gasteiger partial charge in [-0.15, -0.1) is 0 Å². The van der Waals surface area contributed by atoms with Gasteiger partial charge in [-0.25, -0.2) is 4.98 Å². The van der Waals surface area contributed by atoms with Gasteiger partial charge in [0.25, 0.3) is 0 Å². The average Bonchev–Trinajstić information content (AvgIpc) is 2.85. The van der Waals surface area contributed by atoms with Gasteiger partial charge in [-0.1, -0.05) is 81.4 Å². The molecule has 182 valence electrons. The lowest BCUT2D eigenvalue weighted by Crippen LogP contribution is -2.34. The van der Waals surface area contributed by atoms with Crippen LogP contribution in [0.15, 0.2) is 47.5 Å². The van der Waals surface area contributed by atoms with Crippen molar-refractivity contribution in [1.29, 1.82) is 10.5 Å². The van der Waals surface area contributed by atoms with Crippen molar-refractivity contribution < 1.29 is 4.79 Å². The van der Waals surface area contributed by atoms with Gasteiger partial charge in [-0.3, -0.25) is 4.79 Å². The number of carbonyl (C=O) groups is 1. The van der Waals surface area contributed by atoms with Gasteiger partial charge in [0.15, 0.2) is 5.78 Å². The number of hydrogen-bond acceptors (Lipinski definition) is 6. The molecule has 36 heavy (non-hydrogen) atoms. The molecule has 3 aromatic rings. The van der Waals surface area contributed by atoms with Crippen molar-refractivity contribution >= 4 is 35.0 Å². The Bertz CT molecular complexity index is 1460. The Morgan fingerprint density at radius 1 is 1.03 bits per heavy atom. The molecular weight excluding hydrogens is 488 g/mol. The van der Waals surface area contributed by atoms with E-state index in [2.05, 4.69) is 50.9 Å². The summed E-state index contributed by atoms with van der Waals surface area (Å²) in [5.74, 6) is 0.0199. The molecule has 0 amide bonds. The predicted octanol–water partition coefficient (Wildman–Crippen LogP) is 7.05. The van der Waals surface area contributed by atoms with Crippen LogP contribution in [0.5, 0.6) is 0 Å². The molecule has 0 unspecified atom stereocenters. The first-order chi connectivity index (χ1) is 17.0. The normalized spacial score (nSPS) is 15.4. The lowest BCUT2D eigenvalue weighted by molar-refractivity contribution is 0.102. The number of anilines is 1. The number of halogens is 1. The third-order valence-electron chi connectivity index (χ3n) is 7.07. The second-order valence-corrected chi connectivity index (χ2v) is 11.7. The summed E-state index contributed by atoms with van der Waals surface area (Å²) in [4.78, 5) is 17.6. The predicted molar refractivity (Wildman–Crippen MR) is 145 cm³/mol. The molecule has 0 saturated carbocycles. The number of Topliss-reactive ketones (excluding diaryl/α,β-unsaturated/α-hetero) is 1. The summed E-state index contributed by atoms with van der Waals surface area (Å²) in [6, 6.07) is 17.2. The average molecular weight is 515 g/mol. The number of fused-ring (bicyclic) bond motifs is 1. The molecule has 1 aliphatic rings. The summed E-state index contributed by atoms with van der Waals surface area (Å²) in [5, 5.41) is 20.4. The summed E-state index contributed by atoms with van der Waals surface area (Å²) >= 11 is 7.53. The molecule has 2 N–H and O–H groups in total. The Morgan fingerprint density at radius 2 is 1.67 bits per heavy atom. The van der Waals surface area contributed by atoms with Crippen molar-refractivity contribution in [1.82, 2.24) is 4.98 Å². The third kappa shape index (κ3) is 4.60. The van der Waals surface area contributed by atoms with Gasteiger partial charge in [0, 0.05) is 21.7 Å². The van der Waals surface area contributed by atoms with Crippen LogP contribution in [0, 0.1) is 22.7 Å². The van der Waals surface area contributed by atoms with Crippen molar-refractivity contribution in [3.05, 3.63) is 75.3 Å². The summed E-state index contributed by atoms with van der Waals surface area (Å²) < 4.78 is 0.